The van der Waals surface area contributed by atoms with Crippen molar-refractivity contribution >= 4 is 27.5 Å². The second-order valence-electron chi connectivity index (χ2n) is 11.1. The zero-order chi connectivity index (χ0) is 33.4. The summed E-state index contributed by atoms with van der Waals surface area (Å²) in [6.07, 6.45) is 0.240. The number of amides is 2. The Labute approximate surface area is 271 Å². The predicted molar refractivity (Wildman–Crippen MR) is 180 cm³/mol. The summed E-state index contributed by atoms with van der Waals surface area (Å²) >= 11 is 0. The fourth-order valence-electron chi connectivity index (χ4n) is 5.42. The van der Waals surface area contributed by atoms with E-state index in [9.17, 15) is 18.0 Å². The highest BCUT2D eigenvalue weighted by Crippen LogP contribution is 2.33. The number of likely N-dealkylation sites (N-methyl/N-ethyl adjacent to an activating group) is 1. The Morgan fingerprint density at radius 3 is 2.04 bits per heavy atom. The van der Waals surface area contributed by atoms with Gasteiger partial charge in [0.15, 0.2) is 11.5 Å². The van der Waals surface area contributed by atoms with E-state index in [4.69, 9.17) is 9.47 Å². The van der Waals surface area contributed by atoms with Gasteiger partial charge in [0.25, 0.3) is 10.0 Å². The van der Waals surface area contributed by atoms with Gasteiger partial charge in [-0.1, -0.05) is 60.7 Å². The van der Waals surface area contributed by atoms with Crippen molar-refractivity contribution in [3.05, 3.63) is 119 Å². The molecule has 0 aromatic heterocycles. The van der Waals surface area contributed by atoms with Crippen LogP contribution in [0.5, 0.6) is 11.5 Å². The summed E-state index contributed by atoms with van der Waals surface area (Å²) in [6, 6.07) is 25.8. The second kappa shape index (κ2) is 15.0. The number of methoxy groups -OCH3 is 2. The normalized spacial score (nSPS) is 11.8. The van der Waals surface area contributed by atoms with Gasteiger partial charge in [0.1, 0.15) is 12.6 Å². The monoisotopic (exact) mass is 643 g/mol. The Morgan fingerprint density at radius 2 is 1.43 bits per heavy atom. The van der Waals surface area contributed by atoms with E-state index in [-0.39, 0.29) is 29.5 Å². The minimum Gasteiger partial charge on any atom is -0.493 e. The van der Waals surface area contributed by atoms with Crippen molar-refractivity contribution in [3.63, 3.8) is 0 Å². The van der Waals surface area contributed by atoms with Crippen LogP contribution in [0.4, 0.5) is 5.69 Å². The average molecular weight is 644 g/mol. The van der Waals surface area contributed by atoms with Crippen molar-refractivity contribution in [1.29, 1.82) is 0 Å². The van der Waals surface area contributed by atoms with Crippen molar-refractivity contribution in [2.45, 2.75) is 44.7 Å². The van der Waals surface area contributed by atoms with Crippen LogP contribution in [0.2, 0.25) is 0 Å². The fraction of sp³-hybridized carbons (Fsp3) is 0.278. The van der Waals surface area contributed by atoms with Crippen LogP contribution in [-0.4, -0.2) is 59.0 Å². The molecule has 2 amide bonds. The van der Waals surface area contributed by atoms with E-state index in [2.05, 4.69) is 5.32 Å². The molecule has 46 heavy (non-hydrogen) atoms. The van der Waals surface area contributed by atoms with Gasteiger partial charge in [-0.05, 0) is 72.9 Å². The van der Waals surface area contributed by atoms with Crippen LogP contribution in [0.1, 0.15) is 27.8 Å². The summed E-state index contributed by atoms with van der Waals surface area (Å²) in [4.78, 5) is 29.4. The van der Waals surface area contributed by atoms with Crippen LogP contribution in [0.3, 0.4) is 0 Å². The number of aryl methyl sites for hydroxylation is 3. The molecule has 0 saturated carbocycles. The number of sulfonamides is 1. The van der Waals surface area contributed by atoms with Crippen LogP contribution in [-0.2, 0) is 32.6 Å². The topological polar surface area (TPSA) is 105 Å². The molecule has 4 aromatic rings. The SMILES string of the molecule is CNC(=O)C(Cc1ccccc1)N(Cc1ccccc1C)C(=O)CN(c1cc(C)cc(C)c1)S(=O)(=O)c1ccc(OC)c(OC)c1. The van der Waals surface area contributed by atoms with Gasteiger partial charge in [-0.15, -0.1) is 0 Å². The Morgan fingerprint density at radius 1 is 0.804 bits per heavy atom. The molecule has 0 aliphatic heterocycles. The molecular weight excluding hydrogens is 602 g/mol. The summed E-state index contributed by atoms with van der Waals surface area (Å²) in [5, 5.41) is 2.71. The minimum atomic E-state index is -4.32. The lowest BCUT2D eigenvalue weighted by molar-refractivity contribution is -0.139. The zero-order valence-electron chi connectivity index (χ0n) is 27.1. The first-order chi connectivity index (χ1) is 22.0. The smallest absolute Gasteiger partial charge is 0.264 e. The number of nitrogens with zero attached hydrogens (tertiary/aromatic N) is 2. The van der Waals surface area contributed by atoms with Gasteiger partial charge in [0.05, 0.1) is 24.8 Å². The van der Waals surface area contributed by atoms with E-state index in [1.807, 2.05) is 81.4 Å². The van der Waals surface area contributed by atoms with Crippen molar-refractivity contribution in [3.8, 4) is 11.5 Å². The summed E-state index contributed by atoms with van der Waals surface area (Å²) in [5.41, 5.74) is 4.65. The van der Waals surface area contributed by atoms with Gasteiger partial charge in [0.2, 0.25) is 11.8 Å². The third-order valence-corrected chi connectivity index (χ3v) is 9.61. The molecule has 0 saturated heterocycles. The van der Waals surface area contributed by atoms with Gasteiger partial charge in [-0.25, -0.2) is 8.42 Å². The van der Waals surface area contributed by atoms with Crippen LogP contribution < -0.4 is 19.1 Å². The van der Waals surface area contributed by atoms with E-state index in [0.717, 1.165) is 32.1 Å². The lowest BCUT2D eigenvalue weighted by Gasteiger charge is -2.34. The maximum atomic E-state index is 14.6. The fourth-order valence-corrected chi connectivity index (χ4v) is 6.83. The zero-order valence-corrected chi connectivity index (χ0v) is 27.9. The molecule has 9 nitrogen and oxygen atoms in total. The van der Waals surface area contributed by atoms with Crippen LogP contribution in [0.25, 0.3) is 0 Å². The molecule has 4 aromatic carbocycles. The molecule has 1 atom stereocenters. The van der Waals surface area contributed by atoms with E-state index >= 15 is 0 Å². The minimum absolute atomic E-state index is 0.0744. The number of carbonyl (C=O) groups is 2. The highest BCUT2D eigenvalue weighted by atomic mass is 32.2. The molecule has 0 bridgehead atoms. The number of rotatable bonds is 13. The maximum absolute atomic E-state index is 14.6. The average Bonchev–Trinajstić information content (AvgIpc) is 3.05. The van der Waals surface area contributed by atoms with Gasteiger partial charge in [-0.3, -0.25) is 13.9 Å². The predicted octanol–water partition coefficient (Wildman–Crippen LogP) is 5.21. The Bertz CT molecular complexity index is 1770. The van der Waals surface area contributed by atoms with E-state index < -0.39 is 28.5 Å². The first-order valence-electron chi connectivity index (χ1n) is 14.9. The summed E-state index contributed by atoms with van der Waals surface area (Å²) in [6.45, 7) is 5.23. The third-order valence-electron chi connectivity index (χ3n) is 7.84. The lowest BCUT2D eigenvalue weighted by Crippen LogP contribution is -2.53. The summed E-state index contributed by atoms with van der Waals surface area (Å²) in [5.74, 6) is -0.282. The molecular formula is C36H41N3O6S. The van der Waals surface area contributed by atoms with Crippen LogP contribution >= 0.6 is 0 Å². The molecule has 242 valence electrons. The number of nitrogens with one attached hydrogen (secondary N) is 1. The van der Waals surface area contributed by atoms with Crippen molar-refractivity contribution in [2.24, 2.45) is 0 Å². The molecule has 0 heterocycles. The van der Waals surface area contributed by atoms with Gasteiger partial charge in [-0.2, -0.15) is 0 Å². The standard InChI is InChI=1S/C36H41N3O6S/c1-25-18-26(2)20-30(19-25)39(46(42,43)31-16-17-33(44-5)34(22-31)45-6)24-35(40)38(23-29-15-11-10-12-27(29)3)32(36(41)37-4)21-28-13-8-7-9-14-28/h7-20,22,32H,21,23-24H2,1-6H3,(H,37,41). The van der Waals surface area contributed by atoms with E-state index in [1.54, 1.807) is 12.1 Å². The van der Waals surface area contributed by atoms with Crippen LogP contribution in [0.15, 0.2) is 95.9 Å². The van der Waals surface area contributed by atoms with Crippen molar-refractivity contribution in [1.82, 2.24) is 10.2 Å². The molecule has 1 N–H and O–H groups in total. The lowest BCUT2D eigenvalue weighted by atomic mass is 10.0. The van der Waals surface area contributed by atoms with Crippen molar-refractivity contribution in [2.75, 3.05) is 32.1 Å². The Hall–Kier alpha value is -4.83. The maximum Gasteiger partial charge on any atom is 0.264 e. The number of benzene rings is 4. The van der Waals surface area contributed by atoms with Gasteiger partial charge < -0.3 is 19.7 Å². The van der Waals surface area contributed by atoms with Gasteiger partial charge in [0, 0.05) is 26.1 Å². The van der Waals surface area contributed by atoms with Gasteiger partial charge >= 0.3 is 0 Å². The molecule has 0 radical (unpaired) electrons. The number of carbonyl (C=O) groups excluding carboxylic acids is 2. The molecule has 0 aliphatic rings. The van der Waals surface area contributed by atoms with E-state index in [1.165, 1.54) is 44.4 Å². The molecule has 4 rings (SSSR count). The molecule has 0 aliphatic carbocycles. The Kier molecular flexibility index (Phi) is 11.1. The largest absolute Gasteiger partial charge is 0.493 e. The molecule has 10 heteroatoms. The molecule has 0 spiro atoms. The van der Waals surface area contributed by atoms with E-state index in [0.29, 0.717) is 11.4 Å². The summed E-state index contributed by atoms with van der Waals surface area (Å²) < 4.78 is 40.7. The summed E-state index contributed by atoms with van der Waals surface area (Å²) in [7, 11) is 0.104. The quantitative estimate of drug-likeness (QED) is 0.215. The highest BCUT2D eigenvalue weighted by Gasteiger charge is 2.35. The van der Waals surface area contributed by atoms with Crippen LogP contribution in [0, 0.1) is 20.8 Å². The number of hydrogen-bond donors (Lipinski definition) is 1. The first kappa shape index (κ1) is 34.1. The molecule has 0 fully saturated rings. The number of hydrogen-bond acceptors (Lipinski definition) is 6. The van der Waals surface area contributed by atoms with Crippen molar-refractivity contribution < 1.29 is 27.5 Å². The first-order valence-corrected chi connectivity index (χ1v) is 16.3. The number of anilines is 1. The molecule has 1 unspecified atom stereocenters. The third kappa shape index (κ3) is 7.87. The Balaban J connectivity index is 1.85. The number of ether oxygens (including phenoxy) is 2. The second-order valence-corrected chi connectivity index (χ2v) is 13.0. The highest BCUT2D eigenvalue weighted by molar-refractivity contribution is 7.92.